The smallest absolute Gasteiger partial charge is 0.248 e. The zero-order valence-electron chi connectivity index (χ0n) is 27.6. The van der Waals surface area contributed by atoms with Crippen LogP contribution in [0.5, 0.6) is 0 Å². The third-order valence-corrected chi connectivity index (χ3v) is 7.97. The number of Topliss-reactive ketones (excluding diaryl/α,β-unsaturated/α-hetero) is 1. The minimum absolute atomic E-state index is 0.00479. The van der Waals surface area contributed by atoms with Crippen LogP contribution in [0, 0.1) is 23.0 Å². The van der Waals surface area contributed by atoms with Gasteiger partial charge in [0.15, 0.2) is 5.78 Å². The van der Waals surface area contributed by atoms with Gasteiger partial charge in [0.25, 0.3) is 0 Å². The van der Waals surface area contributed by atoms with Crippen molar-refractivity contribution in [3.05, 3.63) is 77.8 Å². The first-order valence-electron chi connectivity index (χ1n) is 15.7. The molecule has 0 aliphatic heterocycles. The summed E-state index contributed by atoms with van der Waals surface area (Å²) in [7, 11) is 0. The van der Waals surface area contributed by atoms with Crippen LogP contribution < -0.4 is 11.1 Å². The zero-order valence-corrected chi connectivity index (χ0v) is 27.6. The molecule has 0 fully saturated rings. The summed E-state index contributed by atoms with van der Waals surface area (Å²) >= 11 is 0. The van der Waals surface area contributed by atoms with Gasteiger partial charge >= 0.3 is 0 Å². The maximum Gasteiger partial charge on any atom is 0.248 e. The van der Waals surface area contributed by atoms with E-state index in [4.69, 9.17) is 10.7 Å². The molecule has 0 aliphatic rings. The molecule has 0 saturated carbocycles. The molecule has 0 aliphatic carbocycles. The highest BCUT2D eigenvalue weighted by molar-refractivity contribution is 5.90. The van der Waals surface area contributed by atoms with Crippen molar-refractivity contribution in [2.24, 2.45) is 17.1 Å². The summed E-state index contributed by atoms with van der Waals surface area (Å²) < 4.78 is 30.9. The van der Waals surface area contributed by atoms with E-state index in [-0.39, 0.29) is 41.8 Å². The lowest BCUT2D eigenvalue weighted by atomic mass is 9.84. The van der Waals surface area contributed by atoms with Crippen molar-refractivity contribution in [1.82, 2.24) is 19.8 Å². The molecule has 0 spiro atoms. The maximum absolute atomic E-state index is 14.9. The second-order valence-corrected chi connectivity index (χ2v) is 13.2. The molecule has 4 N–H and O–H groups in total. The van der Waals surface area contributed by atoms with Crippen molar-refractivity contribution in [3.63, 3.8) is 0 Å². The van der Waals surface area contributed by atoms with Gasteiger partial charge in [-0.05, 0) is 54.9 Å². The fourth-order valence-electron chi connectivity index (χ4n) is 5.35. The second-order valence-electron chi connectivity index (χ2n) is 13.2. The molecule has 1 heterocycles. The number of aromatic nitrogens is 2. The van der Waals surface area contributed by atoms with Crippen LogP contribution in [0.2, 0.25) is 0 Å². The van der Waals surface area contributed by atoms with Gasteiger partial charge in [-0.1, -0.05) is 65.0 Å². The van der Waals surface area contributed by atoms with E-state index in [2.05, 4.69) is 5.32 Å². The van der Waals surface area contributed by atoms with E-state index in [0.29, 0.717) is 25.2 Å². The van der Waals surface area contributed by atoms with E-state index in [1.807, 2.05) is 69.5 Å². The Hall–Kier alpha value is -3.96. The molecule has 2 amide bonds. The number of carbonyl (C=O) groups excluding carboxylic acids is 3. The predicted octanol–water partition coefficient (Wildman–Crippen LogP) is 5.01. The molecule has 3 aromatic rings. The fraction of sp³-hybridized carbons (Fsp3) is 0.486. The molecule has 3 rings (SSSR count). The Morgan fingerprint density at radius 1 is 1.04 bits per heavy atom. The topological polar surface area (TPSA) is 131 Å². The Morgan fingerprint density at radius 2 is 1.72 bits per heavy atom. The van der Waals surface area contributed by atoms with Crippen LogP contribution in [0.4, 0.5) is 8.78 Å². The van der Waals surface area contributed by atoms with Crippen LogP contribution in [-0.4, -0.2) is 62.4 Å². The Balaban J connectivity index is 1.90. The molecule has 9 nitrogen and oxygen atoms in total. The Bertz CT molecular complexity index is 1490. The number of rotatable bonds is 15. The third kappa shape index (κ3) is 9.53. The monoisotopic (exact) mass is 639 g/mol. The van der Waals surface area contributed by atoms with E-state index in [1.165, 1.54) is 0 Å². The molecule has 250 valence electrons. The molecule has 2 aromatic carbocycles. The van der Waals surface area contributed by atoms with E-state index >= 15 is 0 Å². The molecule has 46 heavy (non-hydrogen) atoms. The van der Waals surface area contributed by atoms with Crippen LogP contribution in [0.1, 0.15) is 78.2 Å². The quantitative estimate of drug-likeness (QED) is 0.201. The minimum atomic E-state index is -0.741. The maximum atomic E-state index is 14.9. The molecule has 1 aromatic heterocycles. The number of aliphatic hydroxyl groups excluding tert-OH is 1. The average molecular weight is 640 g/mol. The van der Waals surface area contributed by atoms with Gasteiger partial charge in [0.05, 0.1) is 23.8 Å². The number of hydrogen-bond donors (Lipinski definition) is 3. The molecular formula is C35H47F2N5O4. The number of nitrogens with one attached hydrogen (secondary N) is 1. The van der Waals surface area contributed by atoms with Crippen LogP contribution in [-0.2, 0) is 20.9 Å². The SMILES string of the molecule is CC(C)[C@H](N)C(=O)N[C@@H](C)C(=O)CCCCN(C(=O)CO)[C@@H](c1nc(-c2cc(F)ccc2F)cn1Cc1ccccc1)C(C)(C)C. The van der Waals surface area contributed by atoms with Crippen LogP contribution in [0.3, 0.4) is 0 Å². The summed E-state index contributed by atoms with van der Waals surface area (Å²) in [4.78, 5) is 44.7. The number of hydrogen-bond acceptors (Lipinski definition) is 6. The normalized spacial score (nSPS) is 13.7. The number of aliphatic hydroxyl groups is 1. The first-order valence-corrected chi connectivity index (χ1v) is 15.7. The van der Waals surface area contributed by atoms with Crippen molar-refractivity contribution in [2.45, 2.75) is 85.5 Å². The molecule has 3 atom stereocenters. The molecular weight excluding hydrogens is 592 g/mol. The number of amides is 2. The van der Waals surface area contributed by atoms with E-state index in [9.17, 15) is 28.3 Å². The summed E-state index contributed by atoms with van der Waals surface area (Å²) in [5.41, 5.74) is 6.44. The van der Waals surface area contributed by atoms with E-state index in [1.54, 1.807) is 18.0 Å². The summed E-state index contributed by atoms with van der Waals surface area (Å²) in [6.07, 6.45) is 2.69. The molecule has 0 bridgehead atoms. The molecule has 0 saturated heterocycles. The van der Waals surface area contributed by atoms with Crippen molar-refractivity contribution in [1.29, 1.82) is 0 Å². The lowest BCUT2D eigenvalue weighted by Crippen LogP contribution is -2.49. The van der Waals surface area contributed by atoms with Gasteiger partial charge in [-0.3, -0.25) is 14.4 Å². The van der Waals surface area contributed by atoms with Gasteiger partial charge in [-0.15, -0.1) is 0 Å². The highest BCUT2D eigenvalue weighted by Gasteiger charge is 2.38. The number of nitrogens with two attached hydrogens (primary N) is 1. The van der Waals surface area contributed by atoms with Gasteiger partial charge in [0, 0.05) is 31.3 Å². The largest absolute Gasteiger partial charge is 0.387 e. The summed E-state index contributed by atoms with van der Waals surface area (Å²) in [6.45, 7) is 10.9. The first kappa shape index (κ1) is 36.5. The average Bonchev–Trinajstić information content (AvgIpc) is 3.40. The molecule has 0 radical (unpaired) electrons. The number of nitrogens with zero attached hydrogens (tertiary/aromatic N) is 3. The van der Waals surface area contributed by atoms with Crippen molar-refractivity contribution in [2.75, 3.05) is 13.2 Å². The highest BCUT2D eigenvalue weighted by atomic mass is 19.1. The van der Waals surface area contributed by atoms with Crippen molar-refractivity contribution in [3.8, 4) is 11.3 Å². The van der Waals surface area contributed by atoms with Crippen molar-refractivity contribution < 1.29 is 28.3 Å². The number of benzene rings is 2. The third-order valence-electron chi connectivity index (χ3n) is 7.97. The Kier molecular flexibility index (Phi) is 12.7. The Morgan fingerprint density at radius 3 is 2.33 bits per heavy atom. The van der Waals surface area contributed by atoms with Crippen LogP contribution in [0.25, 0.3) is 11.3 Å². The van der Waals surface area contributed by atoms with Gasteiger partial charge in [0.1, 0.15) is 24.1 Å². The number of unbranched alkanes of at least 4 members (excludes halogenated alkanes) is 1. The summed E-state index contributed by atoms with van der Waals surface area (Å²) in [5.74, 6) is -1.92. The van der Waals surface area contributed by atoms with Gasteiger partial charge in [-0.2, -0.15) is 0 Å². The lowest BCUT2D eigenvalue weighted by molar-refractivity contribution is -0.139. The first-order chi connectivity index (χ1) is 21.6. The number of halogens is 2. The fourth-order valence-corrected chi connectivity index (χ4v) is 5.35. The summed E-state index contributed by atoms with van der Waals surface area (Å²) in [6, 6.07) is 10.7. The van der Waals surface area contributed by atoms with E-state index < -0.39 is 47.7 Å². The minimum Gasteiger partial charge on any atom is -0.387 e. The van der Waals surface area contributed by atoms with E-state index in [0.717, 1.165) is 23.8 Å². The highest BCUT2D eigenvalue weighted by Crippen LogP contribution is 2.39. The van der Waals surface area contributed by atoms with Crippen LogP contribution >= 0.6 is 0 Å². The number of imidazole rings is 1. The van der Waals surface area contributed by atoms with Gasteiger partial charge in [0.2, 0.25) is 11.8 Å². The molecule has 0 unspecified atom stereocenters. The van der Waals surface area contributed by atoms with Gasteiger partial charge in [-0.25, -0.2) is 13.8 Å². The standard InChI is InChI=1S/C35H47F2N5O4/c1-22(2)31(38)34(46)39-23(3)29(44)14-10-11-17-42(30(45)21-43)32(35(4,5)6)33-40-28(26-18-25(36)15-16-27(26)37)20-41(33)19-24-12-8-7-9-13-24/h7-9,12-13,15-16,18,20,22-23,31-32,43H,10-11,14,17,19,21,38H2,1-6H3,(H,39,46)/t23-,31-,32-/m0/s1. The van der Waals surface area contributed by atoms with Crippen molar-refractivity contribution >= 4 is 17.6 Å². The number of carbonyl (C=O) groups is 3. The molecule has 11 heteroatoms. The number of ketones is 1. The zero-order chi connectivity index (χ0) is 34.2. The summed E-state index contributed by atoms with van der Waals surface area (Å²) in [5, 5.41) is 12.7. The Labute approximate surface area is 270 Å². The second kappa shape index (κ2) is 16.0. The van der Waals surface area contributed by atoms with Crippen LogP contribution in [0.15, 0.2) is 54.7 Å². The van der Waals surface area contributed by atoms with Gasteiger partial charge < -0.3 is 25.6 Å². The lowest BCUT2D eigenvalue weighted by Gasteiger charge is -2.40. The predicted molar refractivity (Wildman–Crippen MR) is 173 cm³/mol.